The maximum absolute atomic E-state index is 9.18. The van der Waals surface area contributed by atoms with Crippen LogP contribution in [0.3, 0.4) is 0 Å². The molecule has 4 heteroatoms. The summed E-state index contributed by atoms with van der Waals surface area (Å²) in [5, 5.41) is 9.85. The van der Waals surface area contributed by atoms with E-state index in [1.54, 1.807) is 0 Å². The van der Waals surface area contributed by atoms with Crippen molar-refractivity contribution < 1.29 is 5.11 Å². The van der Waals surface area contributed by atoms with Gasteiger partial charge in [-0.1, -0.05) is 37.6 Å². The molecular weight excluding hydrogens is 233 g/mol. The maximum atomic E-state index is 9.18. The summed E-state index contributed by atoms with van der Waals surface area (Å²) in [6.45, 7) is 3.91. The molecule has 86 valence electrons. The lowest BCUT2D eigenvalue weighted by molar-refractivity contribution is 0.132. The molecule has 0 heterocycles. The molecule has 1 atom stereocenters. The first-order valence-electron chi connectivity index (χ1n) is 4.59. The fraction of sp³-hybridized carbons (Fsp3) is 0.455. The summed E-state index contributed by atoms with van der Waals surface area (Å²) >= 11 is 5.86. The fourth-order valence-electron chi connectivity index (χ4n) is 1.25. The molecule has 0 fully saturated rings. The van der Waals surface area contributed by atoms with Crippen LogP contribution in [0.4, 0.5) is 0 Å². The first kappa shape index (κ1) is 14.7. The highest BCUT2D eigenvalue weighted by Crippen LogP contribution is 2.31. The predicted octanol–water partition coefficient (Wildman–Crippen LogP) is 2.78. The summed E-state index contributed by atoms with van der Waals surface area (Å²) in [5.74, 6) is 0. The minimum absolute atomic E-state index is 0. The van der Waals surface area contributed by atoms with Gasteiger partial charge in [-0.2, -0.15) is 0 Å². The second-order valence-corrected chi connectivity index (χ2v) is 4.62. The first-order valence-corrected chi connectivity index (χ1v) is 4.97. The molecule has 0 aliphatic carbocycles. The molecule has 1 aromatic carbocycles. The van der Waals surface area contributed by atoms with Crippen LogP contribution in [0.15, 0.2) is 24.3 Å². The van der Waals surface area contributed by atoms with Crippen LogP contribution in [-0.4, -0.2) is 11.7 Å². The molecule has 3 N–H and O–H groups in total. The third-order valence-electron chi connectivity index (χ3n) is 2.46. The van der Waals surface area contributed by atoms with Gasteiger partial charge in [0.1, 0.15) is 0 Å². The zero-order chi connectivity index (χ0) is 10.8. The molecular formula is C11H17Cl2NO. The van der Waals surface area contributed by atoms with E-state index in [9.17, 15) is 5.11 Å². The molecule has 0 aliphatic rings. The Kier molecular flexibility index (Phi) is 5.60. The van der Waals surface area contributed by atoms with Gasteiger partial charge in [0.15, 0.2) is 0 Å². The monoisotopic (exact) mass is 249 g/mol. The number of benzene rings is 1. The van der Waals surface area contributed by atoms with Crippen molar-refractivity contribution in [3.8, 4) is 0 Å². The van der Waals surface area contributed by atoms with Crippen molar-refractivity contribution in [2.75, 3.05) is 6.61 Å². The Morgan fingerprint density at radius 1 is 1.47 bits per heavy atom. The maximum Gasteiger partial charge on any atom is 0.0500 e. The molecule has 0 aliphatic heterocycles. The SMILES string of the molecule is CC(C)(CO)[C@H](N)c1cccc(Cl)c1.Cl. The minimum atomic E-state index is -0.329. The van der Waals surface area contributed by atoms with Gasteiger partial charge in [0, 0.05) is 23.1 Å². The van der Waals surface area contributed by atoms with Crippen LogP contribution in [-0.2, 0) is 0 Å². The lowest BCUT2D eigenvalue weighted by Gasteiger charge is -2.29. The van der Waals surface area contributed by atoms with Gasteiger partial charge < -0.3 is 10.8 Å². The highest BCUT2D eigenvalue weighted by Gasteiger charge is 2.26. The molecule has 0 aromatic heterocycles. The van der Waals surface area contributed by atoms with Crippen LogP contribution in [0.1, 0.15) is 25.5 Å². The highest BCUT2D eigenvalue weighted by atomic mass is 35.5. The largest absolute Gasteiger partial charge is 0.396 e. The van der Waals surface area contributed by atoms with E-state index in [1.165, 1.54) is 0 Å². The Hall–Kier alpha value is -0.280. The molecule has 0 unspecified atom stereocenters. The lowest BCUT2D eigenvalue weighted by atomic mass is 9.82. The smallest absolute Gasteiger partial charge is 0.0500 e. The molecule has 15 heavy (non-hydrogen) atoms. The minimum Gasteiger partial charge on any atom is -0.396 e. The van der Waals surface area contributed by atoms with Crippen molar-refractivity contribution in [2.24, 2.45) is 11.1 Å². The molecule has 1 rings (SSSR count). The normalized spacial score (nSPS) is 13.1. The number of nitrogens with two attached hydrogens (primary N) is 1. The average molecular weight is 250 g/mol. The molecule has 0 amide bonds. The number of rotatable bonds is 3. The topological polar surface area (TPSA) is 46.2 Å². The zero-order valence-corrected chi connectivity index (χ0v) is 10.5. The molecule has 1 aromatic rings. The molecule has 0 saturated heterocycles. The molecule has 0 spiro atoms. The van der Waals surface area contributed by atoms with Gasteiger partial charge >= 0.3 is 0 Å². The molecule has 0 bridgehead atoms. The van der Waals surface area contributed by atoms with E-state index < -0.39 is 0 Å². The van der Waals surface area contributed by atoms with Gasteiger partial charge in [-0.15, -0.1) is 12.4 Å². The lowest BCUT2D eigenvalue weighted by Crippen LogP contribution is -2.32. The quantitative estimate of drug-likeness (QED) is 0.866. The Morgan fingerprint density at radius 2 is 2.07 bits per heavy atom. The van der Waals surface area contributed by atoms with Crippen LogP contribution in [0.25, 0.3) is 0 Å². The van der Waals surface area contributed by atoms with Gasteiger partial charge in [0.2, 0.25) is 0 Å². The van der Waals surface area contributed by atoms with Crippen LogP contribution in [0.5, 0.6) is 0 Å². The number of hydrogen-bond donors (Lipinski definition) is 2. The number of hydrogen-bond acceptors (Lipinski definition) is 2. The van der Waals surface area contributed by atoms with Crippen LogP contribution < -0.4 is 5.73 Å². The zero-order valence-electron chi connectivity index (χ0n) is 8.90. The van der Waals surface area contributed by atoms with E-state index in [2.05, 4.69) is 0 Å². The highest BCUT2D eigenvalue weighted by molar-refractivity contribution is 6.30. The second-order valence-electron chi connectivity index (χ2n) is 4.18. The average Bonchev–Trinajstić information content (AvgIpc) is 2.16. The third-order valence-corrected chi connectivity index (χ3v) is 2.69. The molecule has 0 radical (unpaired) electrons. The second kappa shape index (κ2) is 5.71. The van der Waals surface area contributed by atoms with Crippen LogP contribution >= 0.6 is 24.0 Å². The van der Waals surface area contributed by atoms with Crippen molar-refractivity contribution in [1.82, 2.24) is 0 Å². The van der Waals surface area contributed by atoms with Gasteiger partial charge in [0.25, 0.3) is 0 Å². The number of aliphatic hydroxyl groups is 1. The molecule has 0 saturated carbocycles. The third kappa shape index (κ3) is 3.65. The first-order chi connectivity index (χ1) is 6.47. The van der Waals surface area contributed by atoms with Gasteiger partial charge in [-0.05, 0) is 17.7 Å². The van der Waals surface area contributed by atoms with E-state index in [4.69, 9.17) is 17.3 Å². The summed E-state index contributed by atoms with van der Waals surface area (Å²) < 4.78 is 0. The van der Waals surface area contributed by atoms with E-state index in [0.29, 0.717) is 5.02 Å². The predicted molar refractivity (Wildman–Crippen MR) is 66.5 cm³/mol. The van der Waals surface area contributed by atoms with Crippen molar-refractivity contribution in [1.29, 1.82) is 0 Å². The van der Waals surface area contributed by atoms with Gasteiger partial charge in [-0.3, -0.25) is 0 Å². The van der Waals surface area contributed by atoms with E-state index >= 15 is 0 Å². The van der Waals surface area contributed by atoms with Crippen LogP contribution in [0, 0.1) is 5.41 Å². The van der Waals surface area contributed by atoms with Crippen molar-refractivity contribution >= 4 is 24.0 Å². The van der Waals surface area contributed by atoms with E-state index in [1.807, 2.05) is 38.1 Å². The van der Waals surface area contributed by atoms with Crippen molar-refractivity contribution in [3.63, 3.8) is 0 Å². The Bertz CT molecular complexity index is 315. The Morgan fingerprint density at radius 3 is 2.53 bits per heavy atom. The van der Waals surface area contributed by atoms with Crippen molar-refractivity contribution in [2.45, 2.75) is 19.9 Å². The Balaban J connectivity index is 0.00000196. The number of halogens is 2. The molecule has 2 nitrogen and oxygen atoms in total. The van der Waals surface area contributed by atoms with Gasteiger partial charge in [-0.25, -0.2) is 0 Å². The van der Waals surface area contributed by atoms with Crippen molar-refractivity contribution in [3.05, 3.63) is 34.9 Å². The summed E-state index contributed by atoms with van der Waals surface area (Å²) in [7, 11) is 0. The van der Waals surface area contributed by atoms with E-state index in [-0.39, 0.29) is 30.5 Å². The standard InChI is InChI=1S/C11H16ClNO.ClH/c1-11(2,7-14)10(13)8-4-3-5-9(12)6-8;/h3-6,10,14H,7,13H2,1-2H3;1H/t10-;/m1./s1. The van der Waals surface area contributed by atoms with Crippen LogP contribution in [0.2, 0.25) is 5.02 Å². The summed E-state index contributed by atoms with van der Waals surface area (Å²) in [5.41, 5.74) is 6.66. The summed E-state index contributed by atoms with van der Waals surface area (Å²) in [6, 6.07) is 7.23. The Labute approximate surface area is 102 Å². The summed E-state index contributed by atoms with van der Waals surface area (Å²) in [6.07, 6.45) is 0. The number of aliphatic hydroxyl groups excluding tert-OH is 1. The van der Waals surface area contributed by atoms with Gasteiger partial charge in [0.05, 0.1) is 0 Å². The summed E-state index contributed by atoms with van der Waals surface area (Å²) in [4.78, 5) is 0. The van der Waals surface area contributed by atoms with E-state index in [0.717, 1.165) is 5.56 Å². The fourth-order valence-corrected chi connectivity index (χ4v) is 1.45.